The minimum Gasteiger partial charge on any atom is -0.440 e. The number of hydrogen-bond donors (Lipinski definition) is 1. The fraction of sp³-hybridized carbons (Fsp3) is 0.500. The fourth-order valence-electron chi connectivity index (χ4n) is 1.67. The standard InChI is InChI=1S/C14H20N2O/c1-5-10(4)15-11-6-7-13-12(8-11)16-14(17-13)9(2)3/h6-10,15H,5H2,1-4H3. The summed E-state index contributed by atoms with van der Waals surface area (Å²) in [6.45, 7) is 8.52. The summed E-state index contributed by atoms with van der Waals surface area (Å²) in [6.07, 6.45) is 1.11. The third-order valence-electron chi connectivity index (χ3n) is 2.92. The van der Waals surface area contributed by atoms with Crippen LogP contribution in [-0.2, 0) is 0 Å². The Morgan fingerprint density at radius 2 is 2.06 bits per heavy atom. The maximum Gasteiger partial charge on any atom is 0.198 e. The smallest absolute Gasteiger partial charge is 0.198 e. The third-order valence-corrected chi connectivity index (χ3v) is 2.92. The number of nitrogens with zero attached hydrogens (tertiary/aromatic N) is 1. The van der Waals surface area contributed by atoms with Gasteiger partial charge in [0.25, 0.3) is 0 Å². The van der Waals surface area contributed by atoms with Crippen molar-refractivity contribution in [3.63, 3.8) is 0 Å². The van der Waals surface area contributed by atoms with E-state index in [1.807, 2.05) is 12.1 Å². The van der Waals surface area contributed by atoms with Gasteiger partial charge < -0.3 is 9.73 Å². The Labute approximate surface area is 102 Å². The Morgan fingerprint density at radius 3 is 2.71 bits per heavy atom. The molecule has 3 nitrogen and oxygen atoms in total. The van der Waals surface area contributed by atoms with Crippen LogP contribution < -0.4 is 5.32 Å². The first-order valence-corrected chi connectivity index (χ1v) is 6.27. The van der Waals surface area contributed by atoms with E-state index in [1.165, 1.54) is 0 Å². The lowest BCUT2D eigenvalue weighted by molar-refractivity contribution is 0.501. The molecule has 0 spiro atoms. The average Bonchev–Trinajstić information content (AvgIpc) is 2.72. The quantitative estimate of drug-likeness (QED) is 0.860. The molecule has 0 aliphatic heterocycles. The van der Waals surface area contributed by atoms with Gasteiger partial charge >= 0.3 is 0 Å². The van der Waals surface area contributed by atoms with Crippen molar-refractivity contribution < 1.29 is 4.42 Å². The molecule has 0 amide bonds. The van der Waals surface area contributed by atoms with Crippen LogP contribution in [0.15, 0.2) is 22.6 Å². The second-order valence-electron chi connectivity index (χ2n) is 4.84. The van der Waals surface area contributed by atoms with Crippen molar-refractivity contribution in [1.82, 2.24) is 4.98 Å². The highest BCUT2D eigenvalue weighted by atomic mass is 16.3. The van der Waals surface area contributed by atoms with Crippen LogP contribution in [0.2, 0.25) is 0 Å². The second kappa shape index (κ2) is 4.78. The van der Waals surface area contributed by atoms with Gasteiger partial charge in [-0.15, -0.1) is 0 Å². The molecule has 0 fully saturated rings. The number of benzene rings is 1. The fourth-order valence-corrected chi connectivity index (χ4v) is 1.67. The molecular formula is C14H20N2O. The summed E-state index contributed by atoms with van der Waals surface area (Å²) in [5.41, 5.74) is 2.90. The zero-order chi connectivity index (χ0) is 12.4. The van der Waals surface area contributed by atoms with Crippen LogP contribution in [0.3, 0.4) is 0 Å². The predicted molar refractivity (Wildman–Crippen MR) is 71.5 cm³/mol. The molecule has 17 heavy (non-hydrogen) atoms. The largest absolute Gasteiger partial charge is 0.440 e. The molecule has 0 aliphatic rings. The lowest BCUT2D eigenvalue weighted by atomic mass is 10.2. The summed E-state index contributed by atoms with van der Waals surface area (Å²) in [5.74, 6) is 1.13. The normalized spacial score (nSPS) is 13.2. The minimum atomic E-state index is 0.327. The van der Waals surface area contributed by atoms with Crippen molar-refractivity contribution >= 4 is 16.8 Å². The van der Waals surface area contributed by atoms with Gasteiger partial charge in [-0.05, 0) is 31.5 Å². The topological polar surface area (TPSA) is 38.1 Å². The van der Waals surface area contributed by atoms with Crippen molar-refractivity contribution in [2.45, 2.75) is 46.1 Å². The van der Waals surface area contributed by atoms with E-state index in [2.05, 4.69) is 44.1 Å². The molecule has 0 radical (unpaired) electrons. The first-order chi connectivity index (χ1) is 8.10. The molecule has 3 heteroatoms. The molecular weight excluding hydrogens is 212 g/mol. The van der Waals surface area contributed by atoms with Crippen molar-refractivity contribution in [2.75, 3.05) is 5.32 Å². The average molecular weight is 232 g/mol. The van der Waals surface area contributed by atoms with Crippen molar-refractivity contribution in [1.29, 1.82) is 0 Å². The number of oxazole rings is 1. The van der Waals surface area contributed by atoms with Crippen molar-refractivity contribution in [3.8, 4) is 0 Å². The Hall–Kier alpha value is -1.51. The Bertz CT molecular complexity index is 502. The van der Waals surface area contributed by atoms with E-state index in [-0.39, 0.29) is 0 Å². The first-order valence-electron chi connectivity index (χ1n) is 6.27. The number of aromatic nitrogens is 1. The van der Waals surface area contributed by atoms with Gasteiger partial charge in [0.05, 0.1) is 0 Å². The van der Waals surface area contributed by atoms with Crippen molar-refractivity contribution in [2.24, 2.45) is 0 Å². The summed E-state index contributed by atoms with van der Waals surface area (Å²) >= 11 is 0. The van der Waals surface area contributed by atoms with Crippen LogP contribution in [0.25, 0.3) is 11.1 Å². The Kier molecular flexibility index (Phi) is 3.36. The molecule has 1 aromatic carbocycles. The number of hydrogen-bond acceptors (Lipinski definition) is 3. The minimum absolute atomic E-state index is 0.327. The SMILES string of the molecule is CCC(C)Nc1ccc2oc(C(C)C)nc2c1. The maximum absolute atomic E-state index is 5.68. The summed E-state index contributed by atoms with van der Waals surface area (Å²) in [6, 6.07) is 6.56. The van der Waals surface area contributed by atoms with Crippen LogP contribution in [0, 0.1) is 0 Å². The molecule has 0 bridgehead atoms. The van der Waals surface area contributed by atoms with E-state index in [0.717, 1.165) is 29.1 Å². The molecule has 1 N–H and O–H groups in total. The van der Waals surface area contributed by atoms with Crippen LogP contribution in [0.5, 0.6) is 0 Å². The van der Waals surface area contributed by atoms with Crippen molar-refractivity contribution in [3.05, 3.63) is 24.1 Å². The highest BCUT2D eigenvalue weighted by Crippen LogP contribution is 2.24. The molecule has 92 valence electrons. The Balaban J connectivity index is 2.30. The molecule has 1 unspecified atom stereocenters. The zero-order valence-corrected chi connectivity index (χ0v) is 10.9. The van der Waals surface area contributed by atoms with Gasteiger partial charge in [0.1, 0.15) is 5.52 Å². The van der Waals surface area contributed by atoms with Gasteiger partial charge in [-0.25, -0.2) is 4.98 Å². The summed E-state index contributed by atoms with van der Waals surface area (Å²) in [7, 11) is 0. The number of rotatable bonds is 4. The molecule has 0 aliphatic carbocycles. The lowest BCUT2D eigenvalue weighted by Gasteiger charge is -2.12. The summed E-state index contributed by atoms with van der Waals surface area (Å²) in [4.78, 5) is 4.50. The van der Waals surface area contributed by atoms with Gasteiger partial charge in [0.15, 0.2) is 11.5 Å². The van der Waals surface area contributed by atoms with Crippen LogP contribution in [-0.4, -0.2) is 11.0 Å². The molecule has 0 saturated heterocycles. The number of anilines is 1. The lowest BCUT2D eigenvalue weighted by Crippen LogP contribution is -2.12. The van der Waals surface area contributed by atoms with Crippen LogP contribution in [0.1, 0.15) is 45.9 Å². The van der Waals surface area contributed by atoms with Gasteiger partial charge in [0, 0.05) is 17.6 Å². The van der Waals surface area contributed by atoms with E-state index >= 15 is 0 Å². The van der Waals surface area contributed by atoms with Gasteiger partial charge in [-0.3, -0.25) is 0 Å². The highest BCUT2D eigenvalue weighted by molar-refractivity contribution is 5.77. The van der Waals surface area contributed by atoms with Gasteiger partial charge in [-0.2, -0.15) is 0 Å². The third kappa shape index (κ3) is 2.60. The van der Waals surface area contributed by atoms with Gasteiger partial charge in [-0.1, -0.05) is 20.8 Å². The molecule has 1 aromatic heterocycles. The number of fused-ring (bicyclic) bond motifs is 1. The summed E-state index contributed by atoms with van der Waals surface area (Å²) < 4.78 is 5.68. The molecule has 1 heterocycles. The zero-order valence-electron chi connectivity index (χ0n) is 10.9. The van der Waals surface area contributed by atoms with E-state index < -0.39 is 0 Å². The monoisotopic (exact) mass is 232 g/mol. The van der Waals surface area contributed by atoms with E-state index in [4.69, 9.17) is 4.42 Å². The molecule has 2 aromatic rings. The maximum atomic E-state index is 5.68. The predicted octanol–water partition coefficient (Wildman–Crippen LogP) is 4.16. The van der Waals surface area contributed by atoms with Crippen LogP contribution in [0.4, 0.5) is 5.69 Å². The molecule has 0 saturated carbocycles. The van der Waals surface area contributed by atoms with E-state index in [1.54, 1.807) is 0 Å². The van der Waals surface area contributed by atoms with Crippen LogP contribution >= 0.6 is 0 Å². The Morgan fingerprint density at radius 1 is 1.29 bits per heavy atom. The summed E-state index contributed by atoms with van der Waals surface area (Å²) in [5, 5.41) is 3.44. The number of nitrogens with one attached hydrogen (secondary N) is 1. The molecule has 1 atom stereocenters. The van der Waals surface area contributed by atoms with E-state index in [9.17, 15) is 0 Å². The second-order valence-corrected chi connectivity index (χ2v) is 4.84. The first kappa shape index (κ1) is 12.0. The molecule has 2 rings (SSSR count). The van der Waals surface area contributed by atoms with Gasteiger partial charge in [0.2, 0.25) is 0 Å². The van der Waals surface area contributed by atoms with E-state index in [0.29, 0.717) is 12.0 Å². The highest BCUT2D eigenvalue weighted by Gasteiger charge is 2.09.